The highest BCUT2D eigenvalue weighted by atomic mass is 16.8. The van der Waals surface area contributed by atoms with Gasteiger partial charge in [-0.3, -0.25) is 4.79 Å². The number of aliphatic hydroxyl groups is 10. The first-order chi connectivity index (χ1) is 32.9. The molecule has 7 rings (SSSR count). The van der Waals surface area contributed by atoms with Crippen molar-refractivity contribution in [1.29, 1.82) is 0 Å². The van der Waals surface area contributed by atoms with Crippen molar-refractivity contribution < 1.29 is 113 Å². The van der Waals surface area contributed by atoms with Crippen molar-refractivity contribution >= 4 is 23.0 Å². The molecule has 0 spiro atoms. The fourth-order valence-electron chi connectivity index (χ4n) is 8.19. The second-order valence-corrected chi connectivity index (χ2v) is 16.4. The maximum Gasteiger partial charge on any atom is 0.331 e. The van der Waals surface area contributed by atoms with Gasteiger partial charge >= 0.3 is 5.97 Å². The van der Waals surface area contributed by atoms with Crippen molar-refractivity contribution in [2.24, 2.45) is 5.92 Å². The highest BCUT2D eigenvalue weighted by molar-refractivity contribution is 5.89. The largest absolute Gasteiger partial charge is 0.508 e. The lowest BCUT2D eigenvalue weighted by atomic mass is 9.81. The molecule has 13 N–H and O–H groups in total. The Morgan fingerprint density at radius 3 is 1.91 bits per heavy atom. The van der Waals surface area contributed by atoms with E-state index in [9.17, 15) is 76.0 Å². The zero-order chi connectivity index (χ0) is 50.0. The molecule has 24 nitrogen and oxygen atoms in total. The molecule has 15 atom stereocenters. The Labute approximate surface area is 390 Å². The van der Waals surface area contributed by atoms with Crippen LogP contribution >= 0.6 is 0 Å². The van der Waals surface area contributed by atoms with Crippen LogP contribution in [0.5, 0.6) is 40.2 Å². The zero-order valence-corrected chi connectivity index (χ0v) is 36.6. The van der Waals surface area contributed by atoms with E-state index in [4.69, 9.17) is 42.3 Å². The lowest BCUT2D eigenvalue weighted by Crippen LogP contribution is -2.65. The third-order valence-electron chi connectivity index (χ3n) is 12.0. The summed E-state index contributed by atoms with van der Waals surface area (Å²) in [6, 6.07) is 9.88. The van der Waals surface area contributed by atoms with Crippen LogP contribution in [0.25, 0.3) is 28.4 Å². The number of benzene rings is 3. The van der Waals surface area contributed by atoms with Crippen molar-refractivity contribution in [2.45, 2.75) is 92.2 Å². The Morgan fingerprint density at radius 2 is 1.32 bits per heavy atom. The minimum absolute atomic E-state index is 0.00691. The molecule has 3 aromatic carbocycles. The zero-order valence-electron chi connectivity index (χ0n) is 36.6. The predicted molar refractivity (Wildman–Crippen MR) is 230 cm³/mol. The number of methoxy groups -OCH3 is 2. The second kappa shape index (κ2) is 21.4. The summed E-state index contributed by atoms with van der Waals surface area (Å²) < 4.78 is 51.4. The molecule has 0 bridgehead atoms. The van der Waals surface area contributed by atoms with Crippen LogP contribution in [-0.2, 0) is 23.7 Å². The number of hydrogen-bond acceptors (Lipinski definition) is 24. The molecule has 24 heteroatoms. The Hall–Kier alpha value is -5.84. The smallest absolute Gasteiger partial charge is 0.331 e. The monoisotopic (exact) mass is 976 g/mol. The Kier molecular flexibility index (Phi) is 15.8. The third-order valence-corrected chi connectivity index (χ3v) is 12.0. The second-order valence-electron chi connectivity index (χ2n) is 16.4. The molecule has 3 aliphatic rings. The lowest BCUT2D eigenvalue weighted by Gasteiger charge is -2.46. The predicted octanol–water partition coefficient (Wildman–Crippen LogP) is -2.30. The van der Waals surface area contributed by atoms with Gasteiger partial charge in [-0.25, -0.2) is 4.79 Å². The molecule has 4 aromatic rings. The average molecular weight is 977 g/mol. The lowest BCUT2D eigenvalue weighted by molar-refractivity contribution is -0.358. The van der Waals surface area contributed by atoms with E-state index in [1.807, 2.05) is 0 Å². The molecule has 1 aromatic heterocycles. The summed E-state index contributed by atoms with van der Waals surface area (Å²) in [6.45, 7) is -2.43. The fourth-order valence-corrected chi connectivity index (χ4v) is 8.19. The van der Waals surface area contributed by atoms with Crippen LogP contribution in [0.2, 0.25) is 0 Å². The van der Waals surface area contributed by atoms with Crippen LogP contribution in [0.4, 0.5) is 0 Å². The van der Waals surface area contributed by atoms with Crippen molar-refractivity contribution in [3.05, 3.63) is 70.4 Å². The molecule has 0 amide bonds. The molecule has 3 heterocycles. The van der Waals surface area contributed by atoms with Gasteiger partial charge in [0.25, 0.3) is 0 Å². The number of aromatic hydroxyl groups is 3. The van der Waals surface area contributed by atoms with Crippen LogP contribution in [0.1, 0.15) is 12.0 Å². The maximum absolute atomic E-state index is 14.6. The van der Waals surface area contributed by atoms with E-state index in [-0.39, 0.29) is 51.9 Å². The normalized spacial score (nSPS) is 31.6. The Balaban J connectivity index is 1.24. The van der Waals surface area contributed by atoms with Crippen molar-refractivity contribution in [3.8, 4) is 51.6 Å². The topological polar surface area (TPSA) is 384 Å². The summed E-state index contributed by atoms with van der Waals surface area (Å²) in [6.07, 6.45) is -23.5. The number of esters is 1. The highest BCUT2D eigenvalue weighted by Gasteiger charge is 2.53. The minimum Gasteiger partial charge on any atom is -0.508 e. The number of hydrogen-bond donors (Lipinski definition) is 13. The van der Waals surface area contributed by atoms with Gasteiger partial charge in [0, 0.05) is 36.3 Å². The first kappa shape index (κ1) is 51.0. The molecule has 2 aliphatic heterocycles. The van der Waals surface area contributed by atoms with Crippen molar-refractivity contribution in [1.82, 2.24) is 0 Å². The van der Waals surface area contributed by atoms with Crippen molar-refractivity contribution in [2.75, 3.05) is 34.0 Å². The molecule has 3 fully saturated rings. The van der Waals surface area contributed by atoms with Crippen molar-refractivity contribution in [3.63, 3.8) is 0 Å². The summed E-state index contributed by atoms with van der Waals surface area (Å²) in [5, 5.41) is 137. The van der Waals surface area contributed by atoms with E-state index < -0.39 is 146 Å². The average Bonchev–Trinajstić information content (AvgIpc) is 3.33. The highest BCUT2D eigenvalue weighted by Crippen LogP contribution is 2.41. The van der Waals surface area contributed by atoms with Gasteiger partial charge in [0.2, 0.25) is 23.2 Å². The maximum atomic E-state index is 14.6. The van der Waals surface area contributed by atoms with E-state index in [1.165, 1.54) is 56.7 Å². The molecule has 1 saturated carbocycles. The molecule has 2 saturated heterocycles. The number of carbonyl (C=O) groups excluding carboxylic acids is 1. The SMILES string of the molecule is COc1cc(/C=C\C(=O)O[C@H]2[C@H](O[C@H]3[C@@H](Oc4c(-c5ccc(O)cc5)oc5cc(O[C@H]6C[C@@H](CO)[C@@H](O)[C@H](O)[C@@H]6O)cc(O)c5c4=O)O[C@@H](CO)[C@@H](O)[C@@H]3O)O[C@@H](CO)[C@@H](O)[C@@H]2O)cc(OC)c1O. The van der Waals surface area contributed by atoms with E-state index in [2.05, 4.69) is 0 Å². The Bertz CT molecular complexity index is 2490. The summed E-state index contributed by atoms with van der Waals surface area (Å²) in [7, 11) is 2.56. The van der Waals surface area contributed by atoms with Gasteiger partial charge in [0.1, 0.15) is 83.2 Å². The van der Waals surface area contributed by atoms with E-state index in [0.29, 0.717) is 0 Å². The number of rotatable bonds is 15. The van der Waals surface area contributed by atoms with Crippen LogP contribution < -0.4 is 24.4 Å². The number of ether oxygens (including phenoxy) is 8. The molecular weight excluding hydrogens is 924 g/mol. The Morgan fingerprint density at radius 1 is 0.710 bits per heavy atom. The molecular formula is C45H52O24. The summed E-state index contributed by atoms with van der Waals surface area (Å²) in [5.74, 6) is -4.76. The third kappa shape index (κ3) is 10.4. The van der Waals surface area contributed by atoms with Crippen LogP contribution in [0.3, 0.4) is 0 Å². The fraction of sp³-hybridized carbons (Fsp3) is 0.467. The van der Waals surface area contributed by atoms with Gasteiger partial charge in [-0.2, -0.15) is 0 Å². The number of phenolic OH excluding ortho intramolecular Hbond substituents is 3. The molecule has 69 heavy (non-hydrogen) atoms. The molecule has 0 unspecified atom stereocenters. The van der Waals surface area contributed by atoms with Gasteiger partial charge in [-0.05, 0) is 54.5 Å². The van der Waals surface area contributed by atoms with E-state index >= 15 is 0 Å². The quantitative estimate of drug-likeness (QED) is 0.0440. The van der Waals surface area contributed by atoms with Crippen LogP contribution in [-0.4, -0.2) is 192 Å². The summed E-state index contributed by atoms with van der Waals surface area (Å²) in [5.41, 5.74) is -1.14. The summed E-state index contributed by atoms with van der Waals surface area (Å²) in [4.78, 5) is 27.8. The molecule has 0 radical (unpaired) electrons. The first-order valence-corrected chi connectivity index (χ1v) is 21.3. The van der Waals surface area contributed by atoms with Gasteiger partial charge < -0.3 is 109 Å². The number of aliphatic hydroxyl groups excluding tert-OH is 10. The number of phenols is 3. The standard InChI is InChI=1S/C45H52O24/c1-61-24-9-17(10-25(62-2)32(24)53)3-8-29(51)67-42-38(59)34(55)27(15-47)65-44(42)69-43-39(60)35(56)28(16-48)66-45(43)68-41-36(57)30-22(50)12-21(63-26-11-19(14-46)31(52)37(58)33(26)54)13-23(30)64-40(41)18-4-6-20(49)7-5-18/h3-10,12-13,19,26-28,31,33-35,37-39,42-50,52-56,58-60H,11,14-16H2,1-2H3/b8-3-/t19-,26-,27-,28-,31+,33+,34+,35+,37-,38-,39-,42+,43+,44-,45+/m0/s1. The molecule has 376 valence electrons. The molecule has 1 aliphatic carbocycles. The van der Waals surface area contributed by atoms with Crippen LogP contribution in [0.15, 0.2) is 63.8 Å². The van der Waals surface area contributed by atoms with Crippen LogP contribution in [0, 0.1) is 5.92 Å². The minimum atomic E-state index is -2.12. The number of fused-ring (bicyclic) bond motifs is 1. The van der Waals surface area contributed by atoms with Gasteiger partial charge in [-0.1, -0.05) is 0 Å². The first-order valence-electron chi connectivity index (χ1n) is 21.3. The number of carbonyl (C=O) groups is 1. The summed E-state index contributed by atoms with van der Waals surface area (Å²) >= 11 is 0. The van der Waals surface area contributed by atoms with Gasteiger partial charge in [-0.15, -0.1) is 0 Å². The van der Waals surface area contributed by atoms with E-state index in [1.54, 1.807) is 0 Å². The van der Waals surface area contributed by atoms with E-state index in [0.717, 1.165) is 18.2 Å². The van der Waals surface area contributed by atoms with Gasteiger partial charge in [0.15, 0.2) is 35.8 Å². The van der Waals surface area contributed by atoms with Gasteiger partial charge in [0.05, 0.1) is 33.5 Å².